The first-order valence-corrected chi connectivity index (χ1v) is 11.8. The van der Waals surface area contributed by atoms with Crippen LogP contribution in [-0.2, 0) is 9.59 Å². The number of fused-ring (bicyclic) bond motifs is 3. The van der Waals surface area contributed by atoms with Crippen molar-refractivity contribution in [3.8, 4) is 0 Å². The van der Waals surface area contributed by atoms with Gasteiger partial charge in [0, 0.05) is 44.7 Å². The van der Waals surface area contributed by atoms with Gasteiger partial charge in [0.1, 0.15) is 5.66 Å². The second-order valence-electron chi connectivity index (χ2n) is 9.41. The Labute approximate surface area is 194 Å². The number of carbonyl (C=O) groups is 3. The van der Waals surface area contributed by atoms with Crippen molar-refractivity contribution in [2.24, 2.45) is 5.92 Å². The second-order valence-corrected chi connectivity index (χ2v) is 9.41. The highest BCUT2D eigenvalue weighted by Gasteiger charge is 2.52. The standard InChI is InChI=1S/C26H30N4O3/c1-26-14-11-24(32)30(26)22-10-6-5-9-21(22)25(33)29(26)16-13-23(31)27-17-19-12-15-28(18-19)20-7-3-2-4-8-20/h2-10,19H,11-18H2,1H3,(H,27,31)/t19-,26-/m1/s1. The molecule has 0 aromatic heterocycles. The molecule has 2 fully saturated rings. The van der Waals surface area contributed by atoms with Crippen LogP contribution in [0.4, 0.5) is 11.4 Å². The van der Waals surface area contributed by atoms with Gasteiger partial charge in [-0.3, -0.25) is 19.3 Å². The van der Waals surface area contributed by atoms with Crippen LogP contribution in [0.1, 0.15) is 43.0 Å². The molecular weight excluding hydrogens is 416 g/mol. The zero-order valence-corrected chi connectivity index (χ0v) is 19.0. The van der Waals surface area contributed by atoms with E-state index in [1.54, 1.807) is 15.9 Å². The largest absolute Gasteiger partial charge is 0.371 e. The Kier molecular flexibility index (Phi) is 5.56. The molecule has 2 aromatic rings. The number of hydrogen-bond donors (Lipinski definition) is 1. The lowest BCUT2D eigenvalue weighted by atomic mass is 9.98. The first kappa shape index (κ1) is 21.5. The maximum atomic E-state index is 13.3. The van der Waals surface area contributed by atoms with E-state index in [0.29, 0.717) is 43.1 Å². The van der Waals surface area contributed by atoms with Crippen LogP contribution in [0.3, 0.4) is 0 Å². The Hall–Kier alpha value is -3.35. The molecule has 5 rings (SSSR count). The molecular formula is C26H30N4O3. The van der Waals surface area contributed by atoms with E-state index in [-0.39, 0.29) is 24.1 Å². The molecule has 7 heteroatoms. The third kappa shape index (κ3) is 3.86. The minimum absolute atomic E-state index is 0.0242. The highest BCUT2D eigenvalue weighted by molar-refractivity contribution is 6.10. The van der Waals surface area contributed by atoms with Gasteiger partial charge in [-0.2, -0.15) is 0 Å². The molecule has 3 aliphatic heterocycles. The Bertz CT molecular complexity index is 1070. The number of carbonyl (C=O) groups excluding carboxylic acids is 3. The summed E-state index contributed by atoms with van der Waals surface area (Å²) in [5, 5.41) is 3.07. The lowest BCUT2D eigenvalue weighted by Crippen LogP contribution is -2.62. The molecule has 33 heavy (non-hydrogen) atoms. The average molecular weight is 447 g/mol. The molecule has 3 aliphatic rings. The fraction of sp³-hybridized carbons (Fsp3) is 0.423. The Balaban J connectivity index is 1.19. The summed E-state index contributed by atoms with van der Waals surface area (Å²) in [5.74, 6) is 0.273. The second kappa shape index (κ2) is 8.54. The van der Waals surface area contributed by atoms with E-state index in [2.05, 4.69) is 22.3 Å². The molecule has 0 unspecified atom stereocenters. The third-order valence-electron chi connectivity index (χ3n) is 7.30. The molecule has 0 spiro atoms. The fourth-order valence-electron chi connectivity index (χ4n) is 5.47. The maximum Gasteiger partial charge on any atom is 0.257 e. The molecule has 0 radical (unpaired) electrons. The van der Waals surface area contributed by atoms with Crippen molar-refractivity contribution in [3.63, 3.8) is 0 Å². The van der Waals surface area contributed by atoms with Gasteiger partial charge < -0.3 is 15.1 Å². The number of para-hydroxylation sites is 2. The van der Waals surface area contributed by atoms with Crippen LogP contribution in [0.15, 0.2) is 54.6 Å². The van der Waals surface area contributed by atoms with Crippen LogP contribution in [0.25, 0.3) is 0 Å². The minimum atomic E-state index is -0.718. The van der Waals surface area contributed by atoms with E-state index in [1.165, 1.54) is 5.69 Å². The summed E-state index contributed by atoms with van der Waals surface area (Å²) in [6.07, 6.45) is 2.25. The monoisotopic (exact) mass is 446 g/mol. The van der Waals surface area contributed by atoms with Crippen LogP contribution in [0.5, 0.6) is 0 Å². The average Bonchev–Trinajstić information content (AvgIpc) is 3.43. The third-order valence-corrected chi connectivity index (χ3v) is 7.30. The van der Waals surface area contributed by atoms with Crippen molar-refractivity contribution in [1.29, 1.82) is 0 Å². The predicted molar refractivity (Wildman–Crippen MR) is 127 cm³/mol. The molecule has 0 aliphatic carbocycles. The molecule has 0 saturated carbocycles. The number of hydrogen-bond acceptors (Lipinski definition) is 4. The molecule has 172 valence electrons. The molecule has 0 bridgehead atoms. The van der Waals surface area contributed by atoms with Gasteiger partial charge in [-0.05, 0) is 49.9 Å². The smallest absolute Gasteiger partial charge is 0.257 e. The van der Waals surface area contributed by atoms with E-state index in [4.69, 9.17) is 0 Å². The van der Waals surface area contributed by atoms with Gasteiger partial charge in [0.25, 0.3) is 5.91 Å². The van der Waals surface area contributed by atoms with Gasteiger partial charge in [-0.15, -0.1) is 0 Å². The Morgan fingerprint density at radius 3 is 2.67 bits per heavy atom. The first-order chi connectivity index (χ1) is 16.0. The summed E-state index contributed by atoms with van der Waals surface area (Å²) in [6.45, 7) is 4.79. The van der Waals surface area contributed by atoms with Crippen LogP contribution in [-0.4, -0.2) is 54.5 Å². The minimum Gasteiger partial charge on any atom is -0.371 e. The number of nitrogens with one attached hydrogen (secondary N) is 1. The molecule has 2 saturated heterocycles. The van der Waals surface area contributed by atoms with E-state index in [1.807, 2.05) is 43.3 Å². The number of benzene rings is 2. The quantitative estimate of drug-likeness (QED) is 0.740. The summed E-state index contributed by atoms with van der Waals surface area (Å²) in [5.41, 5.74) is 1.71. The van der Waals surface area contributed by atoms with Crippen molar-refractivity contribution in [3.05, 3.63) is 60.2 Å². The van der Waals surface area contributed by atoms with Crippen molar-refractivity contribution < 1.29 is 14.4 Å². The highest BCUT2D eigenvalue weighted by atomic mass is 16.2. The van der Waals surface area contributed by atoms with Gasteiger partial charge in [-0.1, -0.05) is 30.3 Å². The summed E-state index contributed by atoms with van der Waals surface area (Å²) in [7, 11) is 0. The Morgan fingerprint density at radius 1 is 1.09 bits per heavy atom. The van der Waals surface area contributed by atoms with Gasteiger partial charge in [-0.25, -0.2) is 0 Å². The van der Waals surface area contributed by atoms with E-state index in [0.717, 1.165) is 19.5 Å². The van der Waals surface area contributed by atoms with Gasteiger partial charge in [0.05, 0.1) is 11.3 Å². The topological polar surface area (TPSA) is 73.0 Å². The molecule has 3 amide bonds. The van der Waals surface area contributed by atoms with E-state index >= 15 is 0 Å². The summed E-state index contributed by atoms with van der Waals surface area (Å²) in [4.78, 5) is 44.4. The van der Waals surface area contributed by atoms with Crippen molar-refractivity contribution in [2.75, 3.05) is 36.0 Å². The van der Waals surface area contributed by atoms with Gasteiger partial charge >= 0.3 is 0 Å². The molecule has 1 N–H and O–H groups in total. The number of nitrogens with zero attached hydrogens (tertiary/aromatic N) is 3. The number of anilines is 2. The SMILES string of the molecule is C[C@]12CCC(=O)N1c1ccccc1C(=O)N2CCC(=O)NC[C@H]1CCN(c2ccccc2)C1. The lowest BCUT2D eigenvalue weighted by Gasteiger charge is -2.48. The van der Waals surface area contributed by atoms with Crippen LogP contribution < -0.4 is 15.1 Å². The lowest BCUT2D eigenvalue weighted by molar-refractivity contribution is -0.121. The highest BCUT2D eigenvalue weighted by Crippen LogP contribution is 2.43. The summed E-state index contributed by atoms with van der Waals surface area (Å²) >= 11 is 0. The summed E-state index contributed by atoms with van der Waals surface area (Å²) in [6, 6.07) is 17.6. The van der Waals surface area contributed by atoms with Crippen LogP contribution in [0.2, 0.25) is 0 Å². The van der Waals surface area contributed by atoms with Crippen molar-refractivity contribution >= 4 is 29.1 Å². The molecule has 7 nitrogen and oxygen atoms in total. The number of rotatable bonds is 6. The normalized spacial score (nSPS) is 24.2. The predicted octanol–water partition coefficient (Wildman–Crippen LogP) is 3.02. The zero-order valence-electron chi connectivity index (χ0n) is 19.0. The molecule has 2 aromatic carbocycles. The first-order valence-electron chi connectivity index (χ1n) is 11.8. The number of amides is 3. The molecule has 3 heterocycles. The molecule has 2 atom stereocenters. The maximum absolute atomic E-state index is 13.3. The van der Waals surface area contributed by atoms with Crippen molar-refractivity contribution in [2.45, 2.75) is 38.3 Å². The summed E-state index contributed by atoms with van der Waals surface area (Å²) < 4.78 is 0. The Morgan fingerprint density at radius 2 is 1.85 bits per heavy atom. The van der Waals surface area contributed by atoms with E-state index in [9.17, 15) is 14.4 Å². The zero-order chi connectivity index (χ0) is 23.0. The van der Waals surface area contributed by atoms with Gasteiger partial charge in [0.15, 0.2) is 0 Å². The van der Waals surface area contributed by atoms with Crippen molar-refractivity contribution in [1.82, 2.24) is 10.2 Å². The van der Waals surface area contributed by atoms with Gasteiger partial charge in [0.2, 0.25) is 11.8 Å². The van der Waals surface area contributed by atoms with Crippen LogP contribution >= 0.6 is 0 Å². The van der Waals surface area contributed by atoms with Crippen LogP contribution in [0, 0.1) is 5.92 Å². The fourth-order valence-corrected chi connectivity index (χ4v) is 5.47. The van der Waals surface area contributed by atoms with E-state index < -0.39 is 5.66 Å².